The van der Waals surface area contributed by atoms with Crippen LogP contribution >= 0.6 is 11.3 Å². The number of carbonyl (C=O) groups is 1. The minimum absolute atomic E-state index is 0.0498. The van der Waals surface area contributed by atoms with Gasteiger partial charge >= 0.3 is 0 Å². The number of ether oxygens (including phenoxy) is 1. The van der Waals surface area contributed by atoms with Gasteiger partial charge in [0.1, 0.15) is 5.75 Å². The number of pyridine rings is 1. The van der Waals surface area contributed by atoms with E-state index >= 15 is 0 Å². The van der Waals surface area contributed by atoms with E-state index in [0.717, 1.165) is 35.8 Å². The number of hydrogen-bond donors (Lipinski definition) is 0. The Morgan fingerprint density at radius 3 is 2.41 bits per heavy atom. The Hall–Kier alpha value is -2.86. The van der Waals surface area contributed by atoms with Crippen molar-refractivity contribution >= 4 is 22.9 Å². The maximum Gasteiger partial charge on any atom is 0.255 e. The van der Waals surface area contributed by atoms with E-state index in [-0.39, 0.29) is 5.91 Å². The molecule has 0 saturated carbocycles. The molecular weight excluding hydrogens is 358 g/mol. The number of benzene rings is 1. The molecule has 4 rings (SSSR count). The van der Waals surface area contributed by atoms with Crippen molar-refractivity contribution in [2.75, 3.05) is 38.2 Å². The highest BCUT2D eigenvalue weighted by molar-refractivity contribution is 7.08. The van der Waals surface area contributed by atoms with Crippen LogP contribution in [-0.4, -0.2) is 49.1 Å². The number of carbonyl (C=O) groups excluding carboxylic acids is 1. The number of thiophene rings is 1. The Morgan fingerprint density at radius 1 is 1.04 bits per heavy atom. The molecule has 1 fully saturated rings. The minimum atomic E-state index is 0.0498. The molecule has 1 amide bonds. The van der Waals surface area contributed by atoms with E-state index < -0.39 is 0 Å². The van der Waals surface area contributed by atoms with Gasteiger partial charge in [-0.1, -0.05) is 0 Å². The molecule has 0 radical (unpaired) electrons. The zero-order chi connectivity index (χ0) is 18.6. The van der Waals surface area contributed by atoms with Gasteiger partial charge < -0.3 is 14.5 Å². The van der Waals surface area contributed by atoms with Crippen LogP contribution in [0.1, 0.15) is 10.4 Å². The van der Waals surface area contributed by atoms with Crippen LogP contribution in [0, 0.1) is 0 Å². The highest BCUT2D eigenvalue weighted by atomic mass is 32.1. The molecule has 3 aromatic rings. The molecule has 1 aliphatic heterocycles. The first-order chi connectivity index (χ1) is 13.2. The lowest BCUT2D eigenvalue weighted by Crippen LogP contribution is -2.48. The average Bonchev–Trinajstić information content (AvgIpc) is 3.28. The second-order valence-electron chi connectivity index (χ2n) is 6.42. The maximum absolute atomic E-state index is 12.8. The zero-order valence-corrected chi connectivity index (χ0v) is 16.0. The lowest BCUT2D eigenvalue weighted by atomic mass is 10.1. The molecule has 2 aromatic heterocycles. The van der Waals surface area contributed by atoms with Crippen molar-refractivity contribution in [1.29, 1.82) is 0 Å². The first-order valence-corrected chi connectivity index (χ1v) is 9.86. The Bertz CT molecular complexity index is 884. The summed E-state index contributed by atoms with van der Waals surface area (Å²) in [6, 6.07) is 13.9. The summed E-state index contributed by atoms with van der Waals surface area (Å²) >= 11 is 1.64. The zero-order valence-electron chi connectivity index (χ0n) is 15.2. The van der Waals surface area contributed by atoms with Crippen molar-refractivity contribution in [3.63, 3.8) is 0 Å². The third kappa shape index (κ3) is 3.80. The van der Waals surface area contributed by atoms with Crippen molar-refractivity contribution in [2.45, 2.75) is 0 Å². The average molecular weight is 379 g/mol. The smallest absolute Gasteiger partial charge is 0.255 e. The fourth-order valence-electron chi connectivity index (χ4n) is 3.24. The fourth-order valence-corrected chi connectivity index (χ4v) is 3.89. The molecule has 5 nitrogen and oxygen atoms in total. The lowest BCUT2D eigenvalue weighted by molar-refractivity contribution is 0.0746. The second kappa shape index (κ2) is 7.80. The van der Waals surface area contributed by atoms with Crippen LogP contribution in [0.2, 0.25) is 0 Å². The minimum Gasteiger partial charge on any atom is -0.497 e. The molecule has 0 N–H and O–H groups in total. The number of amides is 1. The van der Waals surface area contributed by atoms with Gasteiger partial charge in [-0.3, -0.25) is 9.78 Å². The van der Waals surface area contributed by atoms with E-state index in [0.29, 0.717) is 18.7 Å². The van der Waals surface area contributed by atoms with Crippen LogP contribution in [-0.2, 0) is 0 Å². The predicted octanol–water partition coefficient (Wildman–Crippen LogP) is 3.78. The summed E-state index contributed by atoms with van der Waals surface area (Å²) in [4.78, 5) is 21.4. The number of rotatable bonds is 4. The van der Waals surface area contributed by atoms with Crippen LogP contribution in [0.15, 0.2) is 59.4 Å². The Balaban J connectivity index is 1.38. The quantitative estimate of drug-likeness (QED) is 0.692. The predicted molar refractivity (Wildman–Crippen MR) is 109 cm³/mol. The molecule has 0 unspecified atom stereocenters. The highest BCUT2D eigenvalue weighted by Crippen LogP contribution is 2.22. The Labute approximate surface area is 162 Å². The first-order valence-electron chi connectivity index (χ1n) is 8.91. The molecule has 138 valence electrons. The highest BCUT2D eigenvalue weighted by Gasteiger charge is 2.22. The first kappa shape index (κ1) is 17.5. The van der Waals surface area contributed by atoms with Gasteiger partial charge in [0.2, 0.25) is 0 Å². The number of aromatic nitrogens is 1. The summed E-state index contributed by atoms with van der Waals surface area (Å²) in [6.45, 7) is 3.05. The van der Waals surface area contributed by atoms with Gasteiger partial charge in [0.25, 0.3) is 5.91 Å². The third-order valence-corrected chi connectivity index (χ3v) is 5.52. The van der Waals surface area contributed by atoms with Crippen molar-refractivity contribution in [2.24, 2.45) is 0 Å². The third-order valence-electron chi connectivity index (χ3n) is 4.83. The summed E-state index contributed by atoms with van der Waals surface area (Å²) in [7, 11) is 1.67. The summed E-state index contributed by atoms with van der Waals surface area (Å²) in [6.07, 6.45) is 1.69. The largest absolute Gasteiger partial charge is 0.497 e. The van der Waals surface area contributed by atoms with Gasteiger partial charge in [-0.25, -0.2) is 0 Å². The van der Waals surface area contributed by atoms with Gasteiger partial charge in [0.05, 0.1) is 18.4 Å². The van der Waals surface area contributed by atoms with Crippen LogP contribution < -0.4 is 9.64 Å². The molecule has 1 aliphatic rings. The van der Waals surface area contributed by atoms with Gasteiger partial charge in [-0.05, 0) is 47.8 Å². The summed E-state index contributed by atoms with van der Waals surface area (Å²) < 4.78 is 5.21. The van der Waals surface area contributed by atoms with Crippen molar-refractivity contribution in [1.82, 2.24) is 9.88 Å². The van der Waals surface area contributed by atoms with Gasteiger partial charge in [0.15, 0.2) is 0 Å². The summed E-state index contributed by atoms with van der Waals surface area (Å²) in [5.41, 5.74) is 3.79. The van der Waals surface area contributed by atoms with E-state index in [1.165, 1.54) is 0 Å². The number of hydrogen-bond acceptors (Lipinski definition) is 5. The van der Waals surface area contributed by atoms with E-state index in [4.69, 9.17) is 4.74 Å². The van der Waals surface area contributed by atoms with E-state index in [9.17, 15) is 4.79 Å². The van der Waals surface area contributed by atoms with Gasteiger partial charge in [-0.2, -0.15) is 11.3 Å². The molecular formula is C21H21N3O2S. The van der Waals surface area contributed by atoms with Crippen LogP contribution in [0.4, 0.5) is 5.69 Å². The second-order valence-corrected chi connectivity index (χ2v) is 7.20. The molecule has 1 saturated heterocycles. The maximum atomic E-state index is 12.8. The molecule has 27 heavy (non-hydrogen) atoms. The van der Waals surface area contributed by atoms with Crippen molar-refractivity contribution in [3.8, 4) is 17.0 Å². The van der Waals surface area contributed by atoms with Gasteiger partial charge in [-0.15, -0.1) is 0 Å². The molecule has 0 aliphatic carbocycles. The van der Waals surface area contributed by atoms with Crippen molar-refractivity contribution in [3.05, 3.63) is 65.0 Å². The number of anilines is 1. The van der Waals surface area contributed by atoms with Gasteiger partial charge in [0, 0.05) is 49.0 Å². The topological polar surface area (TPSA) is 45.7 Å². The molecule has 0 spiro atoms. The number of piperazine rings is 1. The Morgan fingerprint density at radius 2 is 1.81 bits per heavy atom. The number of nitrogens with zero attached hydrogens (tertiary/aromatic N) is 3. The Kier molecular flexibility index (Phi) is 5.07. The molecule has 0 bridgehead atoms. The normalized spacial score (nSPS) is 14.3. The van der Waals surface area contributed by atoms with Crippen LogP contribution in [0.25, 0.3) is 11.3 Å². The molecule has 0 atom stereocenters. The van der Waals surface area contributed by atoms with Crippen LogP contribution in [0.5, 0.6) is 5.75 Å². The van der Waals surface area contributed by atoms with Crippen molar-refractivity contribution < 1.29 is 9.53 Å². The van der Waals surface area contributed by atoms with E-state index in [1.54, 1.807) is 24.6 Å². The molecule has 1 aromatic carbocycles. The summed E-state index contributed by atoms with van der Waals surface area (Å²) in [5.74, 6) is 0.903. The fraction of sp³-hybridized carbons (Fsp3) is 0.238. The standard InChI is InChI=1S/C21H21N3O2S/c1-26-19-5-3-18(4-6-19)23-9-11-24(12-10-23)21(25)16-2-7-20(22-14-16)17-8-13-27-15-17/h2-8,13-15H,9-12H2,1H3. The van der Waals surface area contributed by atoms with Crippen LogP contribution in [0.3, 0.4) is 0 Å². The van der Waals surface area contributed by atoms with E-state index in [2.05, 4.69) is 27.4 Å². The monoisotopic (exact) mass is 379 g/mol. The molecule has 3 heterocycles. The van der Waals surface area contributed by atoms with E-state index in [1.807, 2.05) is 40.6 Å². The SMILES string of the molecule is COc1ccc(N2CCN(C(=O)c3ccc(-c4ccsc4)nc3)CC2)cc1. The lowest BCUT2D eigenvalue weighted by Gasteiger charge is -2.36. The summed E-state index contributed by atoms with van der Waals surface area (Å²) in [5, 5.41) is 4.08. The number of methoxy groups -OCH3 is 1. The molecule has 6 heteroatoms.